The minimum Gasteiger partial charge on any atom is -0.831 e. The van der Waals surface area contributed by atoms with Crippen LogP contribution >= 0.6 is 0 Å². The Balaban J connectivity index is 0.00000673. The van der Waals surface area contributed by atoms with Crippen LogP contribution in [0.3, 0.4) is 0 Å². The van der Waals surface area contributed by atoms with Crippen molar-refractivity contribution in [1.29, 1.82) is 0 Å². The number of phenolic OH excluding ortho intramolecular Hbond substituents is 3. The Labute approximate surface area is 390 Å². The van der Waals surface area contributed by atoms with E-state index in [1.54, 1.807) is 19.0 Å². The van der Waals surface area contributed by atoms with Crippen LogP contribution in [-0.2, 0) is 40.2 Å². The van der Waals surface area contributed by atoms with E-state index in [0.29, 0.717) is 34.2 Å². The van der Waals surface area contributed by atoms with Gasteiger partial charge in [0.05, 0.1) is 6.04 Å². The summed E-state index contributed by atoms with van der Waals surface area (Å²) in [5.41, 5.74) is 5.93. The van der Waals surface area contributed by atoms with Crippen molar-refractivity contribution in [2.24, 2.45) is 0 Å². The zero-order valence-electron chi connectivity index (χ0n) is 36.8. The van der Waals surface area contributed by atoms with Crippen molar-refractivity contribution >= 4 is 0 Å². The second-order valence-electron chi connectivity index (χ2n) is 20.4. The number of fused-ring (bicyclic) bond motifs is 8. The quantitative estimate of drug-likeness (QED) is 0.206. The molecule has 1 aliphatic rings. The van der Waals surface area contributed by atoms with Gasteiger partial charge in [0.2, 0.25) is 0 Å². The molecular formula is C48H65CsN2O4. The predicted molar refractivity (Wildman–Crippen MR) is 221 cm³/mol. The molecule has 0 aliphatic heterocycles. The third-order valence-corrected chi connectivity index (χ3v) is 11.3. The SMILES string of the molecule is CN(C)[C@H]1c2cc(C(C)(C)C)cc(c2O)Cc2cc(C(C)(C)C)cc(c2)[C@]([O-])(N(C)C)c2cc(C(C)(C)C)cc(c2O)Cc2cc(C(C)(C)C)cc1c2O.[Cs+]. The smallest absolute Gasteiger partial charge is 0.831 e. The molecular weight excluding hydrogens is 801 g/mol. The topological polar surface area (TPSA) is 90.2 Å². The van der Waals surface area contributed by atoms with E-state index >= 15 is 5.11 Å². The first-order valence-electron chi connectivity index (χ1n) is 19.3. The Morgan fingerprint density at radius 2 is 0.909 bits per heavy atom. The van der Waals surface area contributed by atoms with Crippen molar-refractivity contribution in [1.82, 2.24) is 9.80 Å². The van der Waals surface area contributed by atoms with E-state index in [9.17, 15) is 15.3 Å². The van der Waals surface area contributed by atoms with E-state index in [2.05, 4.69) is 112 Å². The van der Waals surface area contributed by atoms with E-state index in [1.165, 1.54) is 0 Å². The molecule has 3 N–H and O–H groups in total. The Hall–Kier alpha value is -1.79. The number of benzene rings is 4. The molecule has 0 saturated heterocycles. The van der Waals surface area contributed by atoms with Gasteiger partial charge in [-0.2, -0.15) is 0 Å². The van der Waals surface area contributed by atoms with Crippen LogP contribution in [0.2, 0.25) is 0 Å². The molecule has 8 bridgehead atoms. The molecule has 0 saturated carbocycles. The Bertz CT molecular complexity index is 2070. The van der Waals surface area contributed by atoms with Crippen LogP contribution in [0, 0.1) is 0 Å². The van der Waals surface area contributed by atoms with Gasteiger partial charge in [0.1, 0.15) is 17.2 Å². The minimum atomic E-state index is -1.98. The van der Waals surface area contributed by atoms with Crippen molar-refractivity contribution in [3.05, 3.63) is 121 Å². The van der Waals surface area contributed by atoms with Crippen LogP contribution in [-0.4, -0.2) is 53.3 Å². The number of hydrogen-bond donors (Lipinski definition) is 3. The first-order chi connectivity index (χ1) is 24.5. The number of rotatable bonds is 2. The van der Waals surface area contributed by atoms with Crippen LogP contribution in [0.1, 0.15) is 156 Å². The summed E-state index contributed by atoms with van der Waals surface area (Å²) in [6.45, 7) is 25.7. The normalized spacial score (nSPS) is 18.1. The number of aromatic hydroxyl groups is 3. The fourth-order valence-electron chi connectivity index (χ4n) is 7.74. The molecule has 5 rings (SSSR count). The number of hydrogen-bond acceptors (Lipinski definition) is 6. The third kappa shape index (κ3) is 9.11. The van der Waals surface area contributed by atoms with Gasteiger partial charge >= 0.3 is 68.9 Å². The van der Waals surface area contributed by atoms with Gasteiger partial charge in [0.15, 0.2) is 0 Å². The average molecular weight is 867 g/mol. The van der Waals surface area contributed by atoms with E-state index in [4.69, 9.17) is 0 Å². The molecule has 6 nitrogen and oxygen atoms in total. The second-order valence-corrected chi connectivity index (χ2v) is 20.4. The second kappa shape index (κ2) is 15.8. The fraction of sp³-hybridized carbons (Fsp3) is 0.500. The maximum atomic E-state index is 15.9. The summed E-state index contributed by atoms with van der Waals surface area (Å²) < 4.78 is 0. The maximum absolute atomic E-state index is 15.9. The fourth-order valence-corrected chi connectivity index (χ4v) is 7.74. The van der Waals surface area contributed by atoms with Gasteiger partial charge < -0.3 is 25.3 Å². The maximum Gasteiger partial charge on any atom is 1.00 e. The molecule has 292 valence electrons. The van der Waals surface area contributed by atoms with Crippen LogP contribution < -0.4 is 74.0 Å². The first kappa shape index (κ1) is 45.9. The monoisotopic (exact) mass is 866 g/mol. The molecule has 4 aromatic carbocycles. The Kier molecular flexibility index (Phi) is 13.2. The number of nitrogens with zero attached hydrogens (tertiary/aromatic N) is 2. The molecule has 0 spiro atoms. The van der Waals surface area contributed by atoms with Gasteiger partial charge in [-0.1, -0.05) is 126 Å². The van der Waals surface area contributed by atoms with E-state index < -0.39 is 11.8 Å². The van der Waals surface area contributed by atoms with E-state index in [1.807, 2.05) is 44.4 Å². The van der Waals surface area contributed by atoms with Crippen LogP contribution in [0.25, 0.3) is 0 Å². The minimum absolute atomic E-state index is 0. The zero-order chi connectivity index (χ0) is 40.7. The van der Waals surface area contributed by atoms with Gasteiger partial charge in [-0.3, -0.25) is 4.90 Å². The average Bonchev–Trinajstić information content (AvgIpc) is 3.02. The molecule has 0 heterocycles. The molecule has 0 unspecified atom stereocenters. The van der Waals surface area contributed by atoms with Crippen molar-refractivity contribution in [2.45, 2.75) is 129 Å². The molecule has 55 heavy (non-hydrogen) atoms. The summed E-state index contributed by atoms with van der Waals surface area (Å²) in [5.74, 6) is 0.224. The van der Waals surface area contributed by atoms with Gasteiger partial charge in [-0.15, -0.1) is 0 Å². The molecule has 0 amide bonds. The molecule has 0 fully saturated rings. The Morgan fingerprint density at radius 1 is 0.527 bits per heavy atom. The summed E-state index contributed by atoms with van der Waals surface area (Å²) in [7, 11) is 7.51. The van der Waals surface area contributed by atoms with Crippen LogP contribution in [0.4, 0.5) is 0 Å². The predicted octanol–water partition coefficient (Wildman–Crippen LogP) is 6.27. The van der Waals surface area contributed by atoms with Gasteiger partial charge in [0, 0.05) is 29.5 Å². The standard InChI is InChI=1S/C48H65N2O4.Cs/c1-44(2,3)32-18-28-17-29-21-33(45(4,5)6)25-37(41(29)51)40(49(13)14)38-26-34(46(7,8)9)22-30(42(38)52)20-31-23-35(47(10,11)12)27-39(43(31)53)48(54,50(15)16)36(19-28)24-32;/h18-19,21-27,40,51-53H,17,20H2,1-16H3;/q-1;+1/t40-,48+;/m0./s1. The van der Waals surface area contributed by atoms with Gasteiger partial charge in [0.25, 0.3) is 0 Å². The molecule has 7 heteroatoms. The van der Waals surface area contributed by atoms with Crippen molar-refractivity contribution in [2.75, 3.05) is 28.2 Å². The van der Waals surface area contributed by atoms with E-state index in [-0.39, 0.29) is 120 Å². The first-order valence-corrected chi connectivity index (χ1v) is 19.3. The van der Waals surface area contributed by atoms with Crippen LogP contribution in [0.15, 0.2) is 54.6 Å². The summed E-state index contributed by atoms with van der Waals surface area (Å²) in [6.07, 6.45) is 0.573. The molecule has 2 atom stereocenters. The zero-order valence-corrected chi connectivity index (χ0v) is 43.1. The van der Waals surface area contributed by atoms with Gasteiger partial charge in [-0.25, -0.2) is 0 Å². The third-order valence-electron chi connectivity index (χ3n) is 11.3. The summed E-state index contributed by atoms with van der Waals surface area (Å²) >= 11 is 0. The van der Waals surface area contributed by atoms with Crippen molar-refractivity contribution < 1.29 is 89.3 Å². The largest absolute Gasteiger partial charge is 1.00 e. The molecule has 4 aromatic rings. The summed E-state index contributed by atoms with van der Waals surface area (Å²) in [6, 6.07) is 17.8. The van der Waals surface area contributed by atoms with Crippen molar-refractivity contribution in [3.8, 4) is 17.2 Å². The molecule has 0 radical (unpaired) electrons. The Morgan fingerprint density at radius 3 is 1.31 bits per heavy atom. The van der Waals surface area contributed by atoms with Gasteiger partial charge in [-0.05, 0) is 118 Å². The summed E-state index contributed by atoms with van der Waals surface area (Å²) in [5, 5.41) is 53.1. The molecule has 1 aliphatic carbocycles. The number of phenols is 3. The molecule has 0 aromatic heterocycles. The summed E-state index contributed by atoms with van der Waals surface area (Å²) in [4.78, 5) is 3.71. The van der Waals surface area contributed by atoms with E-state index in [0.717, 1.165) is 33.4 Å². The van der Waals surface area contributed by atoms with Crippen molar-refractivity contribution in [3.63, 3.8) is 0 Å². The van der Waals surface area contributed by atoms with Crippen LogP contribution in [0.5, 0.6) is 17.2 Å².